The first-order valence-corrected chi connectivity index (χ1v) is 6.97. The van der Waals surface area contributed by atoms with Gasteiger partial charge in [0.05, 0.1) is 5.69 Å². The van der Waals surface area contributed by atoms with Gasteiger partial charge in [0.1, 0.15) is 5.82 Å². The Kier molecular flexibility index (Phi) is 5.40. The summed E-state index contributed by atoms with van der Waals surface area (Å²) >= 11 is 5.06. The van der Waals surface area contributed by atoms with Gasteiger partial charge in [-0.3, -0.25) is 5.43 Å². The van der Waals surface area contributed by atoms with Crippen molar-refractivity contribution in [3.05, 3.63) is 66.0 Å². The minimum atomic E-state index is -0.358. The fourth-order valence-electron chi connectivity index (χ4n) is 1.76. The molecule has 0 saturated carbocycles. The van der Waals surface area contributed by atoms with Crippen molar-refractivity contribution >= 4 is 29.2 Å². The van der Waals surface area contributed by atoms with Crippen molar-refractivity contribution in [1.82, 2.24) is 5.43 Å². The summed E-state index contributed by atoms with van der Waals surface area (Å²) in [5, 5.41) is 7.07. The van der Waals surface area contributed by atoms with Crippen LogP contribution in [0.15, 0.2) is 59.7 Å². The lowest BCUT2D eigenvalue weighted by atomic mass is 10.0. The lowest BCUT2D eigenvalue weighted by Gasteiger charge is -2.09. The van der Waals surface area contributed by atoms with E-state index in [1.807, 2.05) is 37.3 Å². The quantitative estimate of drug-likeness (QED) is 0.511. The van der Waals surface area contributed by atoms with Crippen LogP contribution in [0.5, 0.6) is 0 Å². The van der Waals surface area contributed by atoms with E-state index >= 15 is 0 Å². The van der Waals surface area contributed by atoms with Crippen molar-refractivity contribution in [2.75, 3.05) is 5.32 Å². The summed E-state index contributed by atoms with van der Waals surface area (Å²) in [5.41, 5.74) is 4.17. The van der Waals surface area contributed by atoms with E-state index in [9.17, 15) is 4.39 Å². The Hall–Kier alpha value is -2.27. The Morgan fingerprint density at radius 3 is 2.52 bits per heavy atom. The highest BCUT2D eigenvalue weighted by Crippen LogP contribution is 2.12. The maximum atomic E-state index is 13.4. The number of anilines is 1. The summed E-state index contributed by atoms with van der Waals surface area (Å²) in [7, 11) is 0. The summed E-state index contributed by atoms with van der Waals surface area (Å²) in [4.78, 5) is 0. The maximum Gasteiger partial charge on any atom is 0.191 e. The third-order valence-electron chi connectivity index (χ3n) is 2.91. The molecule has 0 radical (unpaired) electrons. The van der Waals surface area contributed by atoms with Crippen LogP contribution in [0.3, 0.4) is 0 Å². The third kappa shape index (κ3) is 4.65. The summed E-state index contributed by atoms with van der Waals surface area (Å²) in [6.07, 6.45) is 1.75. The van der Waals surface area contributed by atoms with Gasteiger partial charge in [-0.15, -0.1) is 0 Å². The van der Waals surface area contributed by atoms with Crippen molar-refractivity contribution < 1.29 is 4.39 Å². The number of para-hydroxylation sites is 1. The average Bonchev–Trinajstić information content (AvgIpc) is 2.50. The average molecular weight is 301 g/mol. The second-order valence-corrected chi connectivity index (χ2v) is 4.93. The molecule has 21 heavy (non-hydrogen) atoms. The molecule has 0 spiro atoms. The Labute approximate surface area is 128 Å². The fourth-order valence-corrected chi connectivity index (χ4v) is 1.93. The molecule has 2 aromatic rings. The molecule has 2 rings (SSSR count). The SMILES string of the molecule is C[C@@H](/C=N\NC(=S)Nc1ccccc1F)c1ccccc1. The number of hydrogen-bond acceptors (Lipinski definition) is 2. The standard InChI is InChI=1S/C16H16FN3S/c1-12(13-7-3-2-4-8-13)11-18-20-16(21)19-15-10-6-5-9-14(15)17/h2-12H,1H3,(H2,19,20,21)/b18-11-/t12-/m0/s1. The van der Waals surface area contributed by atoms with Crippen LogP contribution < -0.4 is 10.7 Å². The molecule has 5 heteroatoms. The molecule has 2 N–H and O–H groups in total. The molecule has 0 unspecified atom stereocenters. The van der Waals surface area contributed by atoms with Crippen LogP contribution in [0.1, 0.15) is 18.4 Å². The smallest absolute Gasteiger partial charge is 0.191 e. The zero-order valence-corrected chi connectivity index (χ0v) is 12.4. The number of thiocarbonyl (C=S) groups is 1. The largest absolute Gasteiger partial charge is 0.329 e. The number of nitrogens with zero attached hydrogens (tertiary/aromatic N) is 1. The summed E-state index contributed by atoms with van der Waals surface area (Å²) in [5.74, 6) is -0.196. The van der Waals surface area contributed by atoms with Crippen LogP contribution in [-0.4, -0.2) is 11.3 Å². The molecule has 0 aromatic heterocycles. The predicted molar refractivity (Wildman–Crippen MR) is 89.1 cm³/mol. The van der Waals surface area contributed by atoms with Gasteiger partial charge in [-0.1, -0.05) is 49.4 Å². The zero-order chi connectivity index (χ0) is 15.1. The van der Waals surface area contributed by atoms with Crippen molar-refractivity contribution in [3.8, 4) is 0 Å². The Balaban J connectivity index is 1.87. The lowest BCUT2D eigenvalue weighted by Crippen LogP contribution is -2.24. The van der Waals surface area contributed by atoms with Crippen LogP contribution in [0, 0.1) is 5.82 Å². The highest BCUT2D eigenvalue weighted by molar-refractivity contribution is 7.80. The minimum absolute atomic E-state index is 0.162. The molecule has 108 valence electrons. The first-order valence-electron chi connectivity index (χ1n) is 6.56. The number of rotatable bonds is 4. The van der Waals surface area contributed by atoms with Gasteiger partial charge in [-0.05, 0) is 29.9 Å². The molecule has 0 aliphatic rings. The second kappa shape index (κ2) is 7.50. The highest BCUT2D eigenvalue weighted by Gasteiger charge is 2.03. The van der Waals surface area contributed by atoms with E-state index in [4.69, 9.17) is 12.2 Å². The van der Waals surface area contributed by atoms with E-state index in [1.54, 1.807) is 24.4 Å². The fraction of sp³-hybridized carbons (Fsp3) is 0.125. The number of hydrogen-bond donors (Lipinski definition) is 2. The molecular weight excluding hydrogens is 285 g/mol. The van der Waals surface area contributed by atoms with Crippen molar-refractivity contribution in [3.63, 3.8) is 0 Å². The van der Waals surface area contributed by atoms with Gasteiger partial charge in [-0.25, -0.2) is 4.39 Å². The van der Waals surface area contributed by atoms with Gasteiger partial charge >= 0.3 is 0 Å². The molecule has 0 aliphatic heterocycles. The van der Waals surface area contributed by atoms with Crippen molar-refractivity contribution in [1.29, 1.82) is 0 Å². The second-order valence-electron chi connectivity index (χ2n) is 4.52. The van der Waals surface area contributed by atoms with E-state index in [-0.39, 0.29) is 16.8 Å². The molecule has 2 aromatic carbocycles. The summed E-state index contributed by atoms with van der Waals surface area (Å²) in [6.45, 7) is 2.04. The maximum absolute atomic E-state index is 13.4. The van der Waals surface area contributed by atoms with Crippen LogP contribution >= 0.6 is 12.2 Å². The van der Waals surface area contributed by atoms with Crippen LogP contribution in [0.25, 0.3) is 0 Å². The Bertz CT molecular complexity index is 628. The molecule has 0 heterocycles. The van der Waals surface area contributed by atoms with E-state index in [0.29, 0.717) is 5.69 Å². The molecule has 1 atom stereocenters. The van der Waals surface area contributed by atoms with Gasteiger partial charge in [0.25, 0.3) is 0 Å². The van der Waals surface area contributed by atoms with Crippen molar-refractivity contribution in [2.45, 2.75) is 12.8 Å². The Morgan fingerprint density at radius 1 is 1.14 bits per heavy atom. The van der Waals surface area contributed by atoms with Gasteiger partial charge in [-0.2, -0.15) is 5.10 Å². The molecule has 3 nitrogen and oxygen atoms in total. The van der Waals surface area contributed by atoms with Gasteiger partial charge in [0.15, 0.2) is 5.11 Å². The first kappa shape index (κ1) is 15.1. The first-order chi connectivity index (χ1) is 10.2. The van der Waals surface area contributed by atoms with Crippen LogP contribution in [-0.2, 0) is 0 Å². The third-order valence-corrected chi connectivity index (χ3v) is 3.10. The van der Waals surface area contributed by atoms with Gasteiger partial charge < -0.3 is 5.32 Å². The molecule has 0 bridgehead atoms. The zero-order valence-electron chi connectivity index (χ0n) is 11.6. The van der Waals surface area contributed by atoms with E-state index < -0.39 is 0 Å². The number of nitrogens with one attached hydrogen (secondary N) is 2. The normalized spacial score (nSPS) is 12.1. The molecule has 0 saturated heterocycles. The number of hydrazone groups is 1. The monoisotopic (exact) mass is 301 g/mol. The van der Waals surface area contributed by atoms with Crippen LogP contribution in [0.4, 0.5) is 10.1 Å². The molecular formula is C16H16FN3S. The van der Waals surface area contributed by atoms with E-state index in [1.165, 1.54) is 6.07 Å². The van der Waals surface area contributed by atoms with E-state index in [0.717, 1.165) is 5.56 Å². The van der Waals surface area contributed by atoms with Gasteiger partial charge in [0, 0.05) is 12.1 Å². The number of halogens is 1. The highest BCUT2D eigenvalue weighted by atomic mass is 32.1. The van der Waals surface area contributed by atoms with E-state index in [2.05, 4.69) is 15.8 Å². The van der Waals surface area contributed by atoms with Gasteiger partial charge in [0.2, 0.25) is 0 Å². The number of benzene rings is 2. The summed E-state index contributed by atoms with van der Waals surface area (Å²) < 4.78 is 13.4. The van der Waals surface area contributed by atoms with Crippen molar-refractivity contribution in [2.24, 2.45) is 5.10 Å². The topological polar surface area (TPSA) is 36.4 Å². The molecule has 0 aliphatic carbocycles. The Morgan fingerprint density at radius 2 is 1.81 bits per heavy atom. The summed E-state index contributed by atoms with van der Waals surface area (Å²) in [6, 6.07) is 16.3. The predicted octanol–water partition coefficient (Wildman–Crippen LogP) is 3.90. The molecule has 0 amide bonds. The molecule has 0 fully saturated rings. The van der Waals surface area contributed by atoms with Crippen LogP contribution in [0.2, 0.25) is 0 Å². The lowest BCUT2D eigenvalue weighted by molar-refractivity contribution is 0.632. The minimum Gasteiger partial charge on any atom is -0.329 e.